The van der Waals surface area contributed by atoms with Crippen LogP contribution in [-0.4, -0.2) is 66.3 Å². The zero-order chi connectivity index (χ0) is 21.4. The van der Waals surface area contributed by atoms with Gasteiger partial charge < -0.3 is 15.1 Å². The van der Waals surface area contributed by atoms with Gasteiger partial charge >= 0.3 is 0 Å². The summed E-state index contributed by atoms with van der Waals surface area (Å²) in [5.74, 6) is 0.0446. The first-order chi connectivity index (χ1) is 15.1. The van der Waals surface area contributed by atoms with E-state index >= 15 is 0 Å². The van der Waals surface area contributed by atoms with Gasteiger partial charge in [0.2, 0.25) is 0 Å². The number of amides is 2. The number of thioether (sulfide) groups is 1. The number of piperazine rings is 1. The van der Waals surface area contributed by atoms with E-state index in [1.54, 1.807) is 11.8 Å². The number of halogens is 1. The van der Waals surface area contributed by atoms with Gasteiger partial charge in [-0.2, -0.15) is 0 Å². The molecule has 2 aromatic rings. The Balaban J connectivity index is 1.24. The van der Waals surface area contributed by atoms with E-state index in [2.05, 4.69) is 15.1 Å². The predicted octanol–water partition coefficient (Wildman–Crippen LogP) is 3.77. The summed E-state index contributed by atoms with van der Waals surface area (Å²) >= 11 is 7.57. The molecule has 8 heteroatoms. The third-order valence-corrected chi connectivity index (χ3v) is 7.78. The summed E-state index contributed by atoms with van der Waals surface area (Å²) in [5, 5.41) is 3.53. The largest absolute Gasteiger partial charge is 0.369 e. The Kier molecular flexibility index (Phi) is 5.82. The fraction of sp³-hybridized carbons (Fsp3) is 0.391. The molecule has 2 fully saturated rings. The van der Waals surface area contributed by atoms with Crippen LogP contribution in [0.15, 0.2) is 47.4 Å². The second-order valence-electron chi connectivity index (χ2n) is 8.17. The standard InChI is InChI=1S/C23H25ClN4O2S/c24-17-4-6-18(7-5-17)26-11-13-28(14-12-26)23-21(29)25-19-15-16(3-8-20(19)31-23)22(30)27-9-1-2-10-27/h3-8,15,23H,1-2,9-14H2,(H,25,29). The van der Waals surface area contributed by atoms with Crippen molar-refractivity contribution in [1.82, 2.24) is 9.80 Å². The zero-order valence-electron chi connectivity index (χ0n) is 17.2. The van der Waals surface area contributed by atoms with Crippen LogP contribution < -0.4 is 10.2 Å². The van der Waals surface area contributed by atoms with E-state index in [0.717, 1.165) is 73.4 Å². The minimum atomic E-state index is -0.250. The Morgan fingerprint density at radius 1 is 0.968 bits per heavy atom. The fourth-order valence-corrected chi connectivity index (χ4v) is 5.72. The average Bonchev–Trinajstić information content (AvgIpc) is 3.33. The summed E-state index contributed by atoms with van der Waals surface area (Å²) in [6, 6.07) is 13.6. The lowest BCUT2D eigenvalue weighted by molar-refractivity contribution is -0.118. The molecule has 1 atom stereocenters. The molecule has 3 aliphatic heterocycles. The number of carbonyl (C=O) groups excluding carboxylic acids is 2. The highest BCUT2D eigenvalue weighted by atomic mass is 35.5. The van der Waals surface area contributed by atoms with Gasteiger partial charge in [-0.25, -0.2) is 0 Å². The monoisotopic (exact) mass is 456 g/mol. The lowest BCUT2D eigenvalue weighted by Crippen LogP contribution is -2.53. The lowest BCUT2D eigenvalue weighted by atomic mass is 10.1. The number of fused-ring (bicyclic) bond motifs is 1. The molecule has 1 unspecified atom stereocenters. The fourth-order valence-electron chi connectivity index (χ4n) is 4.44. The van der Waals surface area contributed by atoms with Crippen molar-refractivity contribution in [3.63, 3.8) is 0 Å². The molecule has 2 saturated heterocycles. The summed E-state index contributed by atoms with van der Waals surface area (Å²) in [5.41, 5.74) is 2.55. The smallest absolute Gasteiger partial charge is 0.253 e. The number of likely N-dealkylation sites (tertiary alicyclic amines) is 1. The van der Waals surface area contributed by atoms with E-state index < -0.39 is 0 Å². The van der Waals surface area contributed by atoms with Gasteiger partial charge in [0.1, 0.15) is 5.37 Å². The number of carbonyl (C=O) groups is 2. The second-order valence-corrected chi connectivity index (χ2v) is 9.73. The molecule has 2 aromatic carbocycles. The third kappa shape index (κ3) is 4.27. The molecular formula is C23H25ClN4O2S. The molecule has 0 spiro atoms. The van der Waals surface area contributed by atoms with Gasteiger partial charge in [-0.3, -0.25) is 14.5 Å². The van der Waals surface area contributed by atoms with Crippen molar-refractivity contribution in [3.8, 4) is 0 Å². The van der Waals surface area contributed by atoms with Gasteiger partial charge in [-0.15, -0.1) is 0 Å². The number of hydrogen-bond acceptors (Lipinski definition) is 5. The average molecular weight is 457 g/mol. The lowest BCUT2D eigenvalue weighted by Gasteiger charge is -2.40. The maximum atomic E-state index is 12.9. The summed E-state index contributed by atoms with van der Waals surface area (Å²) in [7, 11) is 0. The van der Waals surface area contributed by atoms with Gasteiger partial charge in [0, 0.05) is 60.4 Å². The Hall–Kier alpha value is -2.22. The Morgan fingerprint density at radius 3 is 2.39 bits per heavy atom. The maximum absolute atomic E-state index is 12.9. The summed E-state index contributed by atoms with van der Waals surface area (Å²) in [6.07, 6.45) is 2.13. The van der Waals surface area contributed by atoms with E-state index in [9.17, 15) is 9.59 Å². The highest BCUT2D eigenvalue weighted by Crippen LogP contribution is 2.38. The molecular weight excluding hydrogens is 432 g/mol. The number of benzene rings is 2. The van der Waals surface area contributed by atoms with Crippen molar-refractivity contribution in [1.29, 1.82) is 0 Å². The van der Waals surface area contributed by atoms with Gasteiger partial charge in [0.25, 0.3) is 11.8 Å². The minimum absolute atomic E-state index is 0.0109. The molecule has 2 amide bonds. The quantitative estimate of drug-likeness (QED) is 0.762. The highest BCUT2D eigenvalue weighted by Gasteiger charge is 2.34. The molecule has 1 N–H and O–H groups in total. The summed E-state index contributed by atoms with van der Waals surface area (Å²) < 4.78 is 0. The summed E-state index contributed by atoms with van der Waals surface area (Å²) in [6.45, 7) is 5.00. The molecule has 0 saturated carbocycles. The molecule has 3 heterocycles. The van der Waals surface area contributed by atoms with Crippen molar-refractivity contribution >= 4 is 46.6 Å². The number of anilines is 2. The van der Waals surface area contributed by atoms with Crippen molar-refractivity contribution in [2.24, 2.45) is 0 Å². The maximum Gasteiger partial charge on any atom is 0.253 e. The van der Waals surface area contributed by atoms with Crippen LogP contribution >= 0.6 is 23.4 Å². The molecule has 5 rings (SSSR count). The first kappa shape index (κ1) is 20.7. The SMILES string of the molecule is O=C1Nc2cc(C(=O)N3CCCC3)ccc2SC1N1CCN(c2ccc(Cl)cc2)CC1. The van der Waals surface area contributed by atoms with E-state index in [1.807, 2.05) is 47.4 Å². The van der Waals surface area contributed by atoms with Crippen molar-refractivity contribution in [3.05, 3.63) is 53.1 Å². The topological polar surface area (TPSA) is 55.9 Å². The van der Waals surface area contributed by atoms with Crippen LogP contribution in [0.5, 0.6) is 0 Å². The van der Waals surface area contributed by atoms with Crippen molar-refractivity contribution < 1.29 is 9.59 Å². The predicted molar refractivity (Wildman–Crippen MR) is 125 cm³/mol. The van der Waals surface area contributed by atoms with Crippen LogP contribution in [0.1, 0.15) is 23.2 Å². The van der Waals surface area contributed by atoms with Crippen LogP contribution in [0.25, 0.3) is 0 Å². The van der Waals surface area contributed by atoms with E-state index in [-0.39, 0.29) is 17.2 Å². The van der Waals surface area contributed by atoms with Crippen molar-refractivity contribution in [2.75, 3.05) is 49.5 Å². The van der Waals surface area contributed by atoms with Gasteiger partial charge in [-0.1, -0.05) is 23.4 Å². The molecule has 6 nitrogen and oxygen atoms in total. The molecule has 0 radical (unpaired) electrons. The van der Waals surface area contributed by atoms with Crippen LogP contribution in [0.4, 0.5) is 11.4 Å². The van der Waals surface area contributed by atoms with Gasteiger partial charge in [-0.05, 0) is 55.3 Å². The number of nitrogens with one attached hydrogen (secondary N) is 1. The van der Waals surface area contributed by atoms with Crippen LogP contribution in [0.2, 0.25) is 5.02 Å². The molecule has 31 heavy (non-hydrogen) atoms. The van der Waals surface area contributed by atoms with Crippen LogP contribution in [-0.2, 0) is 4.79 Å². The van der Waals surface area contributed by atoms with E-state index in [4.69, 9.17) is 11.6 Å². The van der Waals surface area contributed by atoms with Gasteiger partial charge in [0.05, 0.1) is 5.69 Å². The van der Waals surface area contributed by atoms with E-state index in [1.165, 1.54) is 0 Å². The normalized spacial score (nSPS) is 21.7. The van der Waals surface area contributed by atoms with Crippen molar-refractivity contribution in [2.45, 2.75) is 23.1 Å². The minimum Gasteiger partial charge on any atom is -0.369 e. The molecule has 0 bridgehead atoms. The number of hydrogen-bond donors (Lipinski definition) is 1. The molecule has 3 aliphatic rings. The first-order valence-electron chi connectivity index (χ1n) is 10.7. The highest BCUT2D eigenvalue weighted by molar-refractivity contribution is 8.00. The first-order valence-corrected chi connectivity index (χ1v) is 12.0. The van der Waals surface area contributed by atoms with Crippen LogP contribution in [0, 0.1) is 0 Å². The molecule has 162 valence electrons. The zero-order valence-corrected chi connectivity index (χ0v) is 18.8. The molecule has 0 aliphatic carbocycles. The Labute approximate surface area is 191 Å². The van der Waals surface area contributed by atoms with E-state index in [0.29, 0.717) is 5.56 Å². The Morgan fingerprint density at radius 2 is 1.68 bits per heavy atom. The number of rotatable bonds is 3. The third-order valence-electron chi connectivity index (χ3n) is 6.18. The molecule has 0 aromatic heterocycles. The second kappa shape index (κ2) is 8.73. The summed E-state index contributed by atoms with van der Waals surface area (Å²) in [4.78, 5) is 33.0. The van der Waals surface area contributed by atoms with Crippen LogP contribution in [0.3, 0.4) is 0 Å². The number of nitrogens with zero attached hydrogens (tertiary/aromatic N) is 3. The Bertz CT molecular complexity index is 986. The van der Waals surface area contributed by atoms with Gasteiger partial charge in [0.15, 0.2) is 0 Å².